The van der Waals surface area contributed by atoms with Crippen LogP contribution >= 0.6 is 0 Å². The average molecular weight is 203 g/mol. The van der Waals surface area contributed by atoms with Crippen LogP contribution in [0.3, 0.4) is 0 Å². The molecule has 2 rings (SSSR count). The van der Waals surface area contributed by atoms with E-state index in [0.717, 1.165) is 6.54 Å². The van der Waals surface area contributed by atoms with Crippen molar-refractivity contribution in [3.63, 3.8) is 0 Å². The van der Waals surface area contributed by atoms with Gasteiger partial charge in [-0.3, -0.25) is 0 Å². The van der Waals surface area contributed by atoms with Crippen LogP contribution in [0.1, 0.15) is 38.7 Å². The zero-order valence-corrected chi connectivity index (χ0v) is 9.79. The normalized spacial score (nSPS) is 19.9. The maximum atomic E-state index is 3.63. The first-order valence-electron chi connectivity index (χ1n) is 6.12. The minimum absolute atomic E-state index is 0.450. The minimum atomic E-state index is 0.450. The summed E-state index contributed by atoms with van der Waals surface area (Å²) < 4.78 is 0. The van der Waals surface area contributed by atoms with Gasteiger partial charge in [0, 0.05) is 11.5 Å². The second-order valence-electron chi connectivity index (χ2n) is 4.54. The number of hydrogen-bond acceptors (Lipinski definition) is 1. The third-order valence-corrected chi connectivity index (χ3v) is 3.66. The minimum Gasteiger partial charge on any atom is -0.313 e. The van der Waals surface area contributed by atoms with Crippen LogP contribution in [0, 0.1) is 0 Å². The number of rotatable bonds is 5. The molecule has 1 nitrogen and oxygen atoms in total. The van der Waals surface area contributed by atoms with Gasteiger partial charge in [0.25, 0.3) is 0 Å². The van der Waals surface area contributed by atoms with Crippen LogP contribution in [0.15, 0.2) is 30.3 Å². The number of hydrogen-bond donors (Lipinski definition) is 1. The molecule has 0 radical (unpaired) electrons. The Morgan fingerprint density at radius 1 is 1.20 bits per heavy atom. The van der Waals surface area contributed by atoms with Crippen molar-refractivity contribution >= 4 is 0 Å². The molecule has 1 aliphatic rings. The molecular weight excluding hydrogens is 182 g/mol. The van der Waals surface area contributed by atoms with E-state index in [1.807, 2.05) is 0 Å². The summed E-state index contributed by atoms with van der Waals surface area (Å²) in [6.07, 6.45) is 3.92. The Kier molecular flexibility index (Phi) is 3.11. The van der Waals surface area contributed by atoms with E-state index in [2.05, 4.69) is 49.5 Å². The Hall–Kier alpha value is -0.820. The molecule has 15 heavy (non-hydrogen) atoms. The van der Waals surface area contributed by atoms with Crippen LogP contribution in [0.25, 0.3) is 0 Å². The summed E-state index contributed by atoms with van der Waals surface area (Å²) in [5.74, 6) is 0. The molecule has 0 spiro atoms. The van der Waals surface area contributed by atoms with Crippen molar-refractivity contribution in [1.29, 1.82) is 0 Å². The summed E-state index contributed by atoms with van der Waals surface area (Å²) in [5, 5.41) is 3.63. The Labute approximate surface area is 92.9 Å². The Balaban J connectivity index is 2.19. The summed E-state index contributed by atoms with van der Waals surface area (Å²) in [6, 6.07) is 11.7. The van der Waals surface area contributed by atoms with Crippen LogP contribution in [0.5, 0.6) is 0 Å². The van der Waals surface area contributed by atoms with Gasteiger partial charge in [-0.05, 0) is 31.4 Å². The molecule has 1 aliphatic carbocycles. The van der Waals surface area contributed by atoms with Crippen molar-refractivity contribution in [2.24, 2.45) is 0 Å². The quantitative estimate of drug-likeness (QED) is 0.775. The molecule has 1 aromatic rings. The monoisotopic (exact) mass is 203 g/mol. The highest BCUT2D eigenvalue weighted by atomic mass is 14.9. The lowest BCUT2D eigenvalue weighted by molar-refractivity contribution is 0.413. The predicted octanol–water partition coefficient (Wildman–Crippen LogP) is 3.11. The molecule has 0 aromatic heterocycles. The molecule has 1 saturated carbocycles. The molecule has 1 heteroatoms. The van der Waals surface area contributed by atoms with Gasteiger partial charge in [0.2, 0.25) is 0 Å². The van der Waals surface area contributed by atoms with Gasteiger partial charge >= 0.3 is 0 Å². The van der Waals surface area contributed by atoms with Gasteiger partial charge in [-0.2, -0.15) is 0 Å². The smallest absolute Gasteiger partial charge is 0.0161 e. The fourth-order valence-corrected chi connectivity index (χ4v) is 2.72. The molecular formula is C14H21N. The molecule has 82 valence electrons. The predicted molar refractivity (Wildman–Crippen MR) is 65.1 cm³/mol. The second kappa shape index (κ2) is 4.36. The van der Waals surface area contributed by atoms with Crippen molar-refractivity contribution in [3.05, 3.63) is 35.9 Å². The number of likely N-dealkylation sites (N-methyl/N-ethyl adjacent to an activating group) is 1. The first kappa shape index (κ1) is 10.7. The highest BCUT2D eigenvalue weighted by Gasteiger charge is 2.49. The Morgan fingerprint density at radius 2 is 1.87 bits per heavy atom. The highest BCUT2D eigenvalue weighted by molar-refractivity contribution is 5.33. The first-order valence-corrected chi connectivity index (χ1v) is 6.12. The fourth-order valence-electron chi connectivity index (χ4n) is 2.72. The molecule has 0 heterocycles. The first-order chi connectivity index (χ1) is 7.33. The van der Waals surface area contributed by atoms with Gasteiger partial charge in [0.05, 0.1) is 0 Å². The van der Waals surface area contributed by atoms with Crippen molar-refractivity contribution in [2.75, 3.05) is 6.54 Å². The Morgan fingerprint density at radius 3 is 2.33 bits per heavy atom. The van der Waals surface area contributed by atoms with E-state index < -0.39 is 0 Å². The third-order valence-electron chi connectivity index (χ3n) is 3.66. The summed E-state index contributed by atoms with van der Waals surface area (Å²) in [4.78, 5) is 0. The molecule has 1 atom stereocenters. The highest BCUT2D eigenvalue weighted by Crippen LogP contribution is 2.51. The summed E-state index contributed by atoms with van der Waals surface area (Å²) in [6.45, 7) is 5.56. The van der Waals surface area contributed by atoms with Gasteiger partial charge in [-0.15, -0.1) is 0 Å². The van der Waals surface area contributed by atoms with Crippen LogP contribution in [0.2, 0.25) is 0 Å². The maximum Gasteiger partial charge on any atom is 0.0161 e. The van der Waals surface area contributed by atoms with E-state index in [1.54, 1.807) is 0 Å². The third kappa shape index (κ3) is 1.93. The van der Waals surface area contributed by atoms with Gasteiger partial charge in [0.15, 0.2) is 0 Å². The van der Waals surface area contributed by atoms with Crippen molar-refractivity contribution in [2.45, 2.75) is 44.6 Å². The lowest BCUT2D eigenvalue weighted by Gasteiger charge is -2.27. The van der Waals surface area contributed by atoms with E-state index in [1.165, 1.54) is 24.8 Å². The van der Waals surface area contributed by atoms with Gasteiger partial charge in [-0.1, -0.05) is 44.2 Å². The Bertz CT molecular complexity index is 300. The zero-order valence-electron chi connectivity index (χ0n) is 9.79. The molecule has 0 aliphatic heterocycles. The molecule has 1 fully saturated rings. The number of nitrogens with one attached hydrogen (secondary N) is 1. The molecule has 1 N–H and O–H groups in total. The van der Waals surface area contributed by atoms with Crippen molar-refractivity contribution in [1.82, 2.24) is 5.32 Å². The molecule has 0 saturated heterocycles. The van der Waals surface area contributed by atoms with E-state index >= 15 is 0 Å². The molecule has 0 amide bonds. The van der Waals surface area contributed by atoms with E-state index in [-0.39, 0.29) is 0 Å². The van der Waals surface area contributed by atoms with Crippen LogP contribution in [-0.4, -0.2) is 12.6 Å². The average Bonchev–Trinajstić information content (AvgIpc) is 3.08. The summed E-state index contributed by atoms with van der Waals surface area (Å²) in [7, 11) is 0. The van der Waals surface area contributed by atoms with Gasteiger partial charge in [0.1, 0.15) is 0 Å². The SMILES string of the molecule is CCNC(CC)C1(c2ccccc2)CC1. The largest absolute Gasteiger partial charge is 0.313 e. The molecule has 1 unspecified atom stereocenters. The second-order valence-corrected chi connectivity index (χ2v) is 4.54. The van der Waals surface area contributed by atoms with Crippen molar-refractivity contribution < 1.29 is 0 Å². The molecule has 0 bridgehead atoms. The zero-order chi connectivity index (χ0) is 10.7. The van der Waals surface area contributed by atoms with Crippen molar-refractivity contribution in [3.8, 4) is 0 Å². The van der Waals surface area contributed by atoms with E-state index in [0.29, 0.717) is 11.5 Å². The lowest BCUT2D eigenvalue weighted by atomic mass is 9.86. The van der Waals surface area contributed by atoms with E-state index in [9.17, 15) is 0 Å². The maximum absolute atomic E-state index is 3.63. The summed E-state index contributed by atoms with van der Waals surface area (Å²) in [5.41, 5.74) is 1.98. The lowest BCUT2D eigenvalue weighted by Crippen LogP contribution is -2.39. The molecule has 1 aromatic carbocycles. The van der Waals surface area contributed by atoms with Crippen LogP contribution < -0.4 is 5.32 Å². The van der Waals surface area contributed by atoms with Gasteiger partial charge < -0.3 is 5.32 Å². The topological polar surface area (TPSA) is 12.0 Å². The summed E-state index contributed by atoms with van der Waals surface area (Å²) >= 11 is 0. The van der Waals surface area contributed by atoms with Crippen LogP contribution in [0.4, 0.5) is 0 Å². The van der Waals surface area contributed by atoms with E-state index in [4.69, 9.17) is 0 Å². The standard InChI is InChI=1S/C14H21N/c1-3-13(15-4-2)14(10-11-14)12-8-6-5-7-9-12/h5-9,13,15H,3-4,10-11H2,1-2H3. The van der Waals surface area contributed by atoms with Gasteiger partial charge in [-0.25, -0.2) is 0 Å². The fraction of sp³-hybridized carbons (Fsp3) is 0.571. The number of benzene rings is 1. The van der Waals surface area contributed by atoms with Crippen LogP contribution in [-0.2, 0) is 5.41 Å².